The van der Waals surface area contributed by atoms with Crippen molar-refractivity contribution in [1.82, 2.24) is 15.5 Å². The SMILES string of the molecule is CCNCC1CCN(C(=O)C2CCC(NC(=O)CC3CCCC3)CC2)CC1. The van der Waals surface area contributed by atoms with E-state index >= 15 is 0 Å². The molecule has 3 rings (SSSR count). The second-order valence-electron chi connectivity index (χ2n) is 9.05. The maximum Gasteiger partial charge on any atom is 0.225 e. The Bertz CT molecular complexity index is 474. The number of carbonyl (C=O) groups excluding carboxylic acids is 2. The monoisotopic (exact) mass is 377 g/mol. The Hall–Kier alpha value is -1.10. The molecule has 0 bridgehead atoms. The molecule has 0 atom stereocenters. The molecule has 0 aromatic rings. The summed E-state index contributed by atoms with van der Waals surface area (Å²) in [5, 5.41) is 6.67. The van der Waals surface area contributed by atoms with E-state index in [1.807, 2.05) is 0 Å². The number of nitrogens with one attached hydrogen (secondary N) is 2. The molecule has 0 radical (unpaired) electrons. The van der Waals surface area contributed by atoms with Crippen LogP contribution >= 0.6 is 0 Å². The second kappa shape index (κ2) is 10.4. The summed E-state index contributed by atoms with van der Waals surface area (Å²) < 4.78 is 0. The van der Waals surface area contributed by atoms with Crippen LogP contribution in [0.15, 0.2) is 0 Å². The summed E-state index contributed by atoms with van der Waals surface area (Å²) in [6.45, 7) is 6.11. The minimum absolute atomic E-state index is 0.179. The molecule has 0 unspecified atom stereocenters. The van der Waals surface area contributed by atoms with Gasteiger partial charge >= 0.3 is 0 Å². The first-order valence-electron chi connectivity index (χ1n) is 11.4. The summed E-state index contributed by atoms with van der Waals surface area (Å²) in [4.78, 5) is 27.2. The van der Waals surface area contributed by atoms with Crippen LogP contribution in [0.5, 0.6) is 0 Å². The highest BCUT2D eigenvalue weighted by molar-refractivity contribution is 5.79. The molecule has 1 saturated heterocycles. The van der Waals surface area contributed by atoms with Crippen molar-refractivity contribution in [3.63, 3.8) is 0 Å². The van der Waals surface area contributed by atoms with Crippen LogP contribution in [0.4, 0.5) is 0 Å². The maximum absolute atomic E-state index is 12.9. The molecule has 3 fully saturated rings. The van der Waals surface area contributed by atoms with E-state index in [2.05, 4.69) is 22.5 Å². The van der Waals surface area contributed by atoms with E-state index in [1.54, 1.807) is 0 Å². The minimum atomic E-state index is 0.179. The van der Waals surface area contributed by atoms with E-state index in [9.17, 15) is 9.59 Å². The van der Waals surface area contributed by atoms with Crippen molar-refractivity contribution in [2.45, 2.75) is 83.6 Å². The molecule has 2 saturated carbocycles. The van der Waals surface area contributed by atoms with Crippen LogP contribution in [-0.2, 0) is 9.59 Å². The molecule has 0 spiro atoms. The van der Waals surface area contributed by atoms with Crippen molar-refractivity contribution in [2.24, 2.45) is 17.8 Å². The van der Waals surface area contributed by atoms with E-state index in [0.717, 1.165) is 70.6 Å². The Balaban J connectivity index is 1.33. The zero-order valence-corrected chi connectivity index (χ0v) is 17.2. The van der Waals surface area contributed by atoms with E-state index < -0.39 is 0 Å². The summed E-state index contributed by atoms with van der Waals surface area (Å²) in [6, 6.07) is 0.286. The Labute approximate surface area is 165 Å². The number of amides is 2. The quantitative estimate of drug-likeness (QED) is 0.717. The highest BCUT2D eigenvalue weighted by atomic mass is 16.2. The van der Waals surface area contributed by atoms with Gasteiger partial charge in [0.2, 0.25) is 11.8 Å². The first-order chi connectivity index (χ1) is 13.2. The average molecular weight is 378 g/mol. The molecular formula is C22H39N3O2. The molecule has 0 aromatic heterocycles. The average Bonchev–Trinajstić information content (AvgIpc) is 3.19. The van der Waals surface area contributed by atoms with Gasteiger partial charge in [0.05, 0.1) is 0 Å². The summed E-state index contributed by atoms with van der Waals surface area (Å²) in [7, 11) is 0. The number of piperidine rings is 1. The highest BCUT2D eigenvalue weighted by Crippen LogP contribution is 2.30. The Morgan fingerprint density at radius 2 is 1.56 bits per heavy atom. The molecular weight excluding hydrogens is 338 g/mol. The highest BCUT2D eigenvalue weighted by Gasteiger charge is 2.32. The van der Waals surface area contributed by atoms with Crippen LogP contribution in [-0.4, -0.2) is 48.9 Å². The lowest BCUT2D eigenvalue weighted by molar-refractivity contribution is -0.138. The van der Waals surface area contributed by atoms with Gasteiger partial charge in [0, 0.05) is 31.5 Å². The van der Waals surface area contributed by atoms with E-state index in [-0.39, 0.29) is 17.9 Å². The minimum Gasteiger partial charge on any atom is -0.353 e. The Morgan fingerprint density at radius 3 is 2.19 bits per heavy atom. The van der Waals surface area contributed by atoms with Gasteiger partial charge in [-0.25, -0.2) is 0 Å². The maximum atomic E-state index is 12.9. The lowest BCUT2D eigenvalue weighted by Gasteiger charge is -2.36. The third-order valence-electron chi connectivity index (χ3n) is 7.00. The fourth-order valence-corrected chi connectivity index (χ4v) is 5.21. The number of carbonyl (C=O) groups is 2. The van der Waals surface area contributed by atoms with E-state index in [1.165, 1.54) is 25.7 Å². The summed E-state index contributed by atoms with van der Waals surface area (Å²) >= 11 is 0. The lowest BCUT2D eigenvalue weighted by Crippen LogP contribution is -2.45. The van der Waals surface area contributed by atoms with Gasteiger partial charge in [-0.2, -0.15) is 0 Å². The molecule has 2 aliphatic carbocycles. The van der Waals surface area contributed by atoms with Gasteiger partial charge in [-0.1, -0.05) is 19.8 Å². The van der Waals surface area contributed by atoms with Crippen LogP contribution in [0.3, 0.4) is 0 Å². The van der Waals surface area contributed by atoms with Gasteiger partial charge in [0.1, 0.15) is 0 Å². The molecule has 27 heavy (non-hydrogen) atoms. The molecule has 1 heterocycles. The smallest absolute Gasteiger partial charge is 0.225 e. The third kappa shape index (κ3) is 6.20. The van der Waals surface area contributed by atoms with Crippen LogP contribution in [0, 0.1) is 17.8 Å². The molecule has 154 valence electrons. The Morgan fingerprint density at radius 1 is 0.889 bits per heavy atom. The van der Waals surface area contributed by atoms with Gasteiger partial charge in [-0.3, -0.25) is 9.59 Å². The second-order valence-corrected chi connectivity index (χ2v) is 9.05. The molecule has 1 aliphatic heterocycles. The van der Waals surface area contributed by atoms with Crippen LogP contribution in [0.1, 0.15) is 77.6 Å². The van der Waals surface area contributed by atoms with Crippen molar-refractivity contribution in [2.75, 3.05) is 26.2 Å². The van der Waals surface area contributed by atoms with Crippen molar-refractivity contribution < 1.29 is 9.59 Å². The predicted octanol–water partition coefficient (Wildman–Crippen LogP) is 3.09. The van der Waals surface area contributed by atoms with Gasteiger partial charge in [0.15, 0.2) is 0 Å². The zero-order chi connectivity index (χ0) is 19.1. The van der Waals surface area contributed by atoms with Crippen molar-refractivity contribution >= 4 is 11.8 Å². The van der Waals surface area contributed by atoms with Crippen LogP contribution in [0.2, 0.25) is 0 Å². The Kier molecular flexibility index (Phi) is 7.98. The normalized spacial score (nSPS) is 27.7. The number of likely N-dealkylation sites (tertiary alicyclic amines) is 1. The fourth-order valence-electron chi connectivity index (χ4n) is 5.21. The molecule has 3 aliphatic rings. The fraction of sp³-hybridized carbons (Fsp3) is 0.909. The van der Waals surface area contributed by atoms with Crippen LogP contribution in [0.25, 0.3) is 0 Å². The zero-order valence-electron chi connectivity index (χ0n) is 17.2. The number of nitrogens with zero attached hydrogens (tertiary/aromatic N) is 1. The largest absolute Gasteiger partial charge is 0.353 e. The predicted molar refractivity (Wildman–Crippen MR) is 108 cm³/mol. The van der Waals surface area contributed by atoms with Crippen molar-refractivity contribution in [1.29, 1.82) is 0 Å². The number of rotatable bonds is 7. The van der Waals surface area contributed by atoms with E-state index in [0.29, 0.717) is 18.2 Å². The number of hydrogen-bond acceptors (Lipinski definition) is 3. The van der Waals surface area contributed by atoms with E-state index in [4.69, 9.17) is 0 Å². The van der Waals surface area contributed by atoms with Gasteiger partial charge in [-0.05, 0) is 76.3 Å². The topological polar surface area (TPSA) is 61.4 Å². The van der Waals surface area contributed by atoms with Crippen molar-refractivity contribution in [3.05, 3.63) is 0 Å². The lowest BCUT2D eigenvalue weighted by atomic mass is 9.84. The molecule has 5 heteroatoms. The first kappa shape index (κ1) is 20.6. The van der Waals surface area contributed by atoms with Gasteiger partial charge in [0.25, 0.3) is 0 Å². The molecule has 2 N–H and O–H groups in total. The molecule has 0 aromatic carbocycles. The van der Waals surface area contributed by atoms with Gasteiger partial charge in [-0.15, -0.1) is 0 Å². The third-order valence-corrected chi connectivity index (χ3v) is 7.00. The summed E-state index contributed by atoms with van der Waals surface area (Å²) in [6.07, 6.45) is 11.8. The van der Waals surface area contributed by atoms with Crippen molar-refractivity contribution in [3.8, 4) is 0 Å². The summed E-state index contributed by atoms with van der Waals surface area (Å²) in [5.74, 6) is 2.11. The standard InChI is InChI=1S/C22H39N3O2/c1-2-23-16-18-11-13-25(14-12-18)22(27)19-7-9-20(10-8-19)24-21(26)15-17-5-3-4-6-17/h17-20,23H,2-16H2,1H3,(H,24,26). The molecule has 2 amide bonds. The molecule has 5 nitrogen and oxygen atoms in total. The number of hydrogen-bond donors (Lipinski definition) is 2. The first-order valence-corrected chi connectivity index (χ1v) is 11.4. The summed E-state index contributed by atoms with van der Waals surface area (Å²) in [5.41, 5.74) is 0. The van der Waals surface area contributed by atoms with Gasteiger partial charge < -0.3 is 15.5 Å². The van der Waals surface area contributed by atoms with Crippen LogP contribution < -0.4 is 10.6 Å².